The number of rotatable bonds is 6. The Morgan fingerprint density at radius 1 is 1.42 bits per heavy atom. The lowest BCUT2D eigenvalue weighted by Crippen LogP contribution is -2.27. The Morgan fingerprint density at radius 2 is 2.00 bits per heavy atom. The quantitative estimate of drug-likeness (QED) is 0.572. The third-order valence-corrected chi connectivity index (χ3v) is 3.85. The number of hydrogen-bond donors (Lipinski definition) is 2. The van der Waals surface area contributed by atoms with Crippen molar-refractivity contribution in [1.82, 2.24) is 5.32 Å². The Labute approximate surface area is 129 Å². The molecule has 0 aromatic heterocycles. The Balaban J connectivity index is 2.88. The lowest BCUT2D eigenvalue weighted by atomic mass is 10.1. The normalized spacial score (nSPS) is 12.2. The van der Waals surface area contributed by atoms with Crippen LogP contribution in [0.4, 0.5) is 0 Å². The number of carbonyl (C=O) groups is 1. The van der Waals surface area contributed by atoms with E-state index in [2.05, 4.69) is 37.2 Å². The van der Waals surface area contributed by atoms with Crippen molar-refractivity contribution in [1.29, 1.82) is 0 Å². The SMILES string of the molecule is CCCCOC(=O)C(NC)c1cc(Br)c(O)c(Br)c1. The third-order valence-electron chi connectivity index (χ3n) is 2.64. The first-order chi connectivity index (χ1) is 9.01. The van der Waals surface area contributed by atoms with Crippen molar-refractivity contribution in [2.45, 2.75) is 25.8 Å². The molecule has 0 heterocycles. The largest absolute Gasteiger partial charge is 0.506 e. The van der Waals surface area contributed by atoms with Gasteiger partial charge in [0.1, 0.15) is 11.8 Å². The Hall–Kier alpha value is -0.590. The van der Waals surface area contributed by atoms with Crippen LogP contribution in [0, 0.1) is 0 Å². The maximum Gasteiger partial charge on any atom is 0.327 e. The number of likely N-dealkylation sites (N-methyl/N-ethyl adjacent to an activating group) is 1. The summed E-state index contributed by atoms with van der Waals surface area (Å²) in [5.41, 5.74) is 0.723. The topological polar surface area (TPSA) is 58.6 Å². The molecule has 0 fully saturated rings. The number of carbonyl (C=O) groups excluding carboxylic acids is 1. The van der Waals surface area contributed by atoms with Gasteiger partial charge in [-0.2, -0.15) is 0 Å². The lowest BCUT2D eigenvalue weighted by Gasteiger charge is -2.16. The molecule has 1 rings (SSSR count). The van der Waals surface area contributed by atoms with Crippen LogP contribution in [0.5, 0.6) is 5.75 Å². The minimum Gasteiger partial charge on any atom is -0.506 e. The highest BCUT2D eigenvalue weighted by molar-refractivity contribution is 9.11. The van der Waals surface area contributed by atoms with Gasteiger partial charge in [-0.25, -0.2) is 4.79 Å². The van der Waals surface area contributed by atoms with Gasteiger partial charge in [0.2, 0.25) is 0 Å². The summed E-state index contributed by atoms with van der Waals surface area (Å²) in [6.45, 7) is 2.46. The Bertz CT molecular complexity index is 429. The number of ether oxygens (including phenoxy) is 1. The van der Waals surface area contributed by atoms with Gasteiger partial charge >= 0.3 is 5.97 Å². The second-order valence-electron chi connectivity index (χ2n) is 4.08. The van der Waals surface area contributed by atoms with Gasteiger partial charge in [0.25, 0.3) is 0 Å². The summed E-state index contributed by atoms with van der Waals surface area (Å²) < 4.78 is 6.26. The highest BCUT2D eigenvalue weighted by atomic mass is 79.9. The zero-order valence-electron chi connectivity index (χ0n) is 10.9. The summed E-state index contributed by atoms with van der Waals surface area (Å²) in [5, 5.41) is 12.6. The molecule has 4 nitrogen and oxygen atoms in total. The van der Waals surface area contributed by atoms with Crippen molar-refractivity contribution in [2.24, 2.45) is 0 Å². The molecule has 1 aromatic carbocycles. The fourth-order valence-electron chi connectivity index (χ4n) is 1.57. The molecule has 0 radical (unpaired) electrons. The summed E-state index contributed by atoms with van der Waals surface area (Å²) in [6.07, 6.45) is 1.83. The molecule has 0 spiro atoms. The van der Waals surface area contributed by atoms with E-state index in [1.807, 2.05) is 6.92 Å². The van der Waals surface area contributed by atoms with Crippen LogP contribution in [-0.4, -0.2) is 24.7 Å². The average molecular weight is 395 g/mol. The monoisotopic (exact) mass is 393 g/mol. The summed E-state index contributed by atoms with van der Waals surface area (Å²) in [7, 11) is 1.69. The van der Waals surface area contributed by atoms with E-state index in [0.29, 0.717) is 15.6 Å². The summed E-state index contributed by atoms with van der Waals surface area (Å²) in [6, 6.07) is 2.84. The lowest BCUT2D eigenvalue weighted by molar-refractivity contribution is -0.146. The van der Waals surface area contributed by atoms with Gasteiger partial charge in [-0.05, 0) is 63.0 Å². The number of esters is 1. The number of benzene rings is 1. The van der Waals surface area contributed by atoms with Crippen molar-refractivity contribution in [3.05, 3.63) is 26.6 Å². The van der Waals surface area contributed by atoms with Gasteiger partial charge in [0.15, 0.2) is 0 Å². The fourth-order valence-corrected chi connectivity index (χ4v) is 2.79. The molecule has 2 N–H and O–H groups in total. The number of aromatic hydroxyl groups is 1. The molecule has 19 heavy (non-hydrogen) atoms. The van der Waals surface area contributed by atoms with E-state index in [4.69, 9.17) is 4.74 Å². The predicted octanol–water partition coefficient (Wildman–Crippen LogP) is 3.52. The number of phenolic OH excluding ortho intramolecular Hbond substituents is 1. The van der Waals surface area contributed by atoms with Crippen molar-refractivity contribution in [3.63, 3.8) is 0 Å². The van der Waals surface area contributed by atoms with E-state index in [-0.39, 0.29) is 11.7 Å². The minimum absolute atomic E-state index is 0.109. The van der Waals surface area contributed by atoms with Gasteiger partial charge in [-0.1, -0.05) is 13.3 Å². The molecule has 1 aromatic rings. The van der Waals surface area contributed by atoms with E-state index in [9.17, 15) is 9.90 Å². The Kier molecular flexibility index (Phi) is 6.82. The van der Waals surface area contributed by atoms with Crippen LogP contribution in [-0.2, 0) is 9.53 Å². The van der Waals surface area contributed by atoms with E-state index < -0.39 is 6.04 Å². The number of phenols is 1. The van der Waals surface area contributed by atoms with Gasteiger partial charge in [-0.3, -0.25) is 0 Å². The predicted molar refractivity (Wildman–Crippen MR) is 81.2 cm³/mol. The van der Waals surface area contributed by atoms with Crippen molar-refractivity contribution >= 4 is 37.8 Å². The molecule has 0 bridgehead atoms. The van der Waals surface area contributed by atoms with Crippen molar-refractivity contribution in [2.75, 3.05) is 13.7 Å². The highest BCUT2D eigenvalue weighted by Gasteiger charge is 2.22. The van der Waals surface area contributed by atoms with Gasteiger partial charge in [0, 0.05) is 0 Å². The first-order valence-corrected chi connectivity index (χ1v) is 7.61. The zero-order chi connectivity index (χ0) is 14.4. The van der Waals surface area contributed by atoms with E-state index in [0.717, 1.165) is 18.4 Å². The molecule has 0 aliphatic heterocycles. The van der Waals surface area contributed by atoms with Crippen molar-refractivity contribution in [3.8, 4) is 5.75 Å². The highest BCUT2D eigenvalue weighted by Crippen LogP contribution is 2.35. The number of unbranched alkanes of at least 4 members (excludes halogenated alkanes) is 1. The zero-order valence-corrected chi connectivity index (χ0v) is 14.0. The smallest absolute Gasteiger partial charge is 0.327 e. The molecule has 0 saturated heterocycles. The molecule has 106 valence electrons. The molecule has 0 saturated carbocycles. The fraction of sp³-hybridized carbons (Fsp3) is 0.462. The van der Waals surface area contributed by atoms with E-state index in [1.54, 1.807) is 19.2 Å². The van der Waals surface area contributed by atoms with Crippen LogP contribution < -0.4 is 5.32 Å². The second kappa shape index (κ2) is 7.87. The standard InChI is InChI=1S/C13H17Br2NO3/c1-3-4-5-19-13(18)11(16-2)8-6-9(14)12(17)10(15)7-8/h6-7,11,16-17H,3-5H2,1-2H3. The van der Waals surface area contributed by atoms with Gasteiger partial charge in [-0.15, -0.1) is 0 Å². The van der Waals surface area contributed by atoms with Crippen LogP contribution in [0.2, 0.25) is 0 Å². The minimum atomic E-state index is -0.551. The third kappa shape index (κ3) is 4.47. The molecular weight excluding hydrogens is 378 g/mol. The number of hydrogen-bond acceptors (Lipinski definition) is 4. The molecular formula is C13H17Br2NO3. The maximum atomic E-state index is 12.0. The van der Waals surface area contributed by atoms with Crippen LogP contribution in [0.3, 0.4) is 0 Å². The second-order valence-corrected chi connectivity index (χ2v) is 5.78. The Morgan fingerprint density at radius 3 is 2.47 bits per heavy atom. The van der Waals surface area contributed by atoms with Crippen LogP contribution in [0.1, 0.15) is 31.4 Å². The number of halogens is 2. The molecule has 1 unspecified atom stereocenters. The van der Waals surface area contributed by atoms with Crippen LogP contribution in [0.25, 0.3) is 0 Å². The first-order valence-electron chi connectivity index (χ1n) is 6.03. The molecule has 0 aliphatic carbocycles. The van der Waals surface area contributed by atoms with E-state index in [1.165, 1.54) is 0 Å². The maximum absolute atomic E-state index is 12.0. The van der Waals surface area contributed by atoms with Gasteiger partial charge < -0.3 is 15.2 Å². The summed E-state index contributed by atoms with van der Waals surface area (Å²) >= 11 is 6.49. The summed E-state index contributed by atoms with van der Waals surface area (Å²) in [5.74, 6) is -0.210. The van der Waals surface area contributed by atoms with Gasteiger partial charge in [0.05, 0.1) is 15.6 Å². The molecule has 0 aliphatic rings. The average Bonchev–Trinajstić information content (AvgIpc) is 2.37. The summed E-state index contributed by atoms with van der Waals surface area (Å²) in [4.78, 5) is 12.0. The van der Waals surface area contributed by atoms with Crippen molar-refractivity contribution < 1.29 is 14.6 Å². The van der Waals surface area contributed by atoms with E-state index >= 15 is 0 Å². The molecule has 0 amide bonds. The first kappa shape index (κ1) is 16.5. The molecule has 6 heteroatoms. The van der Waals surface area contributed by atoms with Crippen LogP contribution >= 0.6 is 31.9 Å². The number of nitrogens with one attached hydrogen (secondary N) is 1. The van der Waals surface area contributed by atoms with Crippen LogP contribution in [0.15, 0.2) is 21.1 Å². The molecule has 1 atom stereocenters.